The summed E-state index contributed by atoms with van der Waals surface area (Å²) < 4.78 is 0. The molecule has 0 atom stereocenters. The van der Waals surface area contributed by atoms with Crippen molar-refractivity contribution in [1.82, 2.24) is 4.90 Å². The van der Waals surface area contributed by atoms with Gasteiger partial charge in [0.1, 0.15) is 0 Å². The average molecular weight is 155 g/mol. The van der Waals surface area contributed by atoms with E-state index < -0.39 is 0 Å². The van der Waals surface area contributed by atoms with Crippen LogP contribution < -0.4 is 0 Å². The maximum atomic E-state index is 10.5. The average Bonchev–Trinajstić information content (AvgIpc) is 1.81. The van der Waals surface area contributed by atoms with Crippen molar-refractivity contribution in [2.24, 2.45) is 5.41 Å². The fraction of sp³-hybridized carbons (Fsp3) is 0.889. The molecular formula is C9H17NO. The monoisotopic (exact) mass is 155 g/mol. The first-order valence-electron chi connectivity index (χ1n) is 4.08. The summed E-state index contributed by atoms with van der Waals surface area (Å²) in [6, 6.07) is 0. The topological polar surface area (TPSA) is 20.3 Å². The van der Waals surface area contributed by atoms with Gasteiger partial charge in [-0.05, 0) is 25.2 Å². The third-order valence-corrected chi connectivity index (χ3v) is 2.73. The van der Waals surface area contributed by atoms with Gasteiger partial charge in [-0.15, -0.1) is 0 Å². The van der Waals surface area contributed by atoms with Crippen molar-refractivity contribution in [1.29, 1.82) is 0 Å². The molecule has 0 N–H and O–H groups in total. The van der Waals surface area contributed by atoms with Gasteiger partial charge in [-0.25, -0.2) is 0 Å². The molecule has 1 amide bonds. The molecule has 0 aromatic rings. The van der Waals surface area contributed by atoms with E-state index in [1.807, 2.05) is 7.05 Å². The van der Waals surface area contributed by atoms with Gasteiger partial charge in [0, 0.05) is 12.6 Å². The summed E-state index contributed by atoms with van der Waals surface area (Å²) in [6.07, 6.45) is 3.17. The van der Waals surface area contributed by atoms with Crippen LogP contribution in [0.15, 0.2) is 0 Å². The van der Waals surface area contributed by atoms with Crippen LogP contribution in [0.2, 0.25) is 0 Å². The predicted molar refractivity (Wildman–Crippen MR) is 45.2 cm³/mol. The Morgan fingerprint density at radius 1 is 1.27 bits per heavy atom. The van der Waals surface area contributed by atoms with Crippen LogP contribution in [-0.2, 0) is 4.79 Å². The Kier molecular flexibility index (Phi) is 1.73. The van der Waals surface area contributed by atoms with Crippen LogP contribution >= 0.6 is 0 Å². The highest BCUT2D eigenvalue weighted by Crippen LogP contribution is 2.49. The smallest absolute Gasteiger partial charge is 0.209 e. The zero-order valence-electron chi connectivity index (χ0n) is 7.85. The number of rotatable bonds is 2. The first-order valence-corrected chi connectivity index (χ1v) is 4.08. The van der Waals surface area contributed by atoms with E-state index in [9.17, 15) is 4.79 Å². The second-order valence-electron chi connectivity index (χ2n) is 4.73. The predicted octanol–water partition coefficient (Wildman–Crippen LogP) is 1.65. The van der Waals surface area contributed by atoms with Gasteiger partial charge in [0.15, 0.2) is 0 Å². The van der Waals surface area contributed by atoms with Crippen LogP contribution in [-0.4, -0.2) is 23.9 Å². The van der Waals surface area contributed by atoms with E-state index in [2.05, 4.69) is 20.8 Å². The first kappa shape index (κ1) is 8.57. The highest BCUT2D eigenvalue weighted by atomic mass is 16.1. The van der Waals surface area contributed by atoms with E-state index in [-0.39, 0.29) is 5.54 Å². The highest BCUT2D eigenvalue weighted by molar-refractivity contribution is 5.48. The lowest BCUT2D eigenvalue weighted by Crippen LogP contribution is -2.56. The van der Waals surface area contributed by atoms with Crippen molar-refractivity contribution in [2.75, 3.05) is 7.05 Å². The summed E-state index contributed by atoms with van der Waals surface area (Å²) in [5, 5.41) is 0. The Bertz CT molecular complexity index is 166. The molecule has 0 unspecified atom stereocenters. The minimum absolute atomic E-state index is 0.130. The van der Waals surface area contributed by atoms with Crippen molar-refractivity contribution in [3.8, 4) is 0 Å². The Hall–Kier alpha value is -0.530. The van der Waals surface area contributed by atoms with E-state index in [1.165, 1.54) is 0 Å². The van der Waals surface area contributed by atoms with Crippen LogP contribution in [0.4, 0.5) is 0 Å². The first-order chi connectivity index (χ1) is 4.90. The molecule has 1 fully saturated rings. The van der Waals surface area contributed by atoms with Gasteiger partial charge in [0.25, 0.3) is 0 Å². The summed E-state index contributed by atoms with van der Waals surface area (Å²) in [5.74, 6) is 0. The molecule has 0 spiro atoms. The molecule has 0 aromatic carbocycles. The summed E-state index contributed by atoms with van der Waals surface area (Å²) in [5.41, 5.74) is 0.567. The van der Waals surface area contributed by atoms with E-state index >= 15 is 0 Å². The second kappa shape index (κ2) is 2.23. The third kappa shape index (κ3) is 1.39. The molecule has 0 saturated heterocycles. The molecular weight excluding hydrogens is 138 g/mol. The normalized spacial score (nSPS) is 25.5. The zero-order chi connectivity index (χ0) is 8.70. The van der Waals surface area contributed by atoms with Gasteiger partial charge in [-0.2, -0.15) is 0 Å². The van der Waals surface area contributed by atoms with Crippen molar-refractivity contribution in [3.05, 3.63) is 0 Å². The fourth-order valence-corrected chi connectivity index (χ4v) is 2.39. The number of hydrogen-bond donors (Lipinski definition) is 0. The summed E-state index contributed by atoms with van der Waals surface area (Å²) in [6.45, 7) is 6.63. The molecule has 2 nitrogen and oxygen atoms in total. The van der Waals surface area contributed by atoms with Gasteiger partial charge < -0.3 is 4.90 Å². The molecule has 11 heavy (non-hydrogen) atoms. The lowest BCUT2D eigenvalue weighted by atomic mass is 9.60. The van der Waals surface area contributed by atoms with Crippen LogP contribution in [0, 0.1) is 5.41 Å². The van der Waals surface area contributed by atoms with Gasteiger partial charge >= 0.3 is 0 Å². The molecule has 64 valence electrons. The zero-order valence-corrected chi connectivity index (χ0v) is 7.85. The Morgan fingerprint density at radius 3 is 2.00 bits per heavy atom. The molecule has 0 radical (unpaired) electrons. The minimum atomic E-state index is 0.130. The van der Waals surface area contributed by atoms with Gasteiger partial charge in [-0.1, -0.05) is 13.8 Å². The fourth-order valence-electron chi connectivity index (χ4n) is 2.39. The number of hydrogen-bond acceptors (Lipinski definition) is 1. The summed E-state index contributed by atoms with van der Waals surface area (Å²) in [7, 11) is 1.86. The number of nitrogens with zero attached hydrogens (tertiary/aromatic N) is 1. The Labute approximate surface area is 68.6 Å². The molecule has 0 heterocycles. The number of carbonyl (C=O) groups is 1. The van der Waals surface area contributed by atoms with E-state index in [0.717, 1.165) is 19.3 Å². The molecule has 0 aromatic heterocycles. The SMILES string of the molecule is CN(C=O)C1(C)CC(C)(C)C1. The van der Waals surface area contributed by atoms with E-state index in [4.69, 9.17) is 0 Å². The van der Waals surface area contributed by atoms with Crippen LogP contribution in [0.25, 0.3) is 0 Å². The lowest BCUT2D eigenvalue weighted by molar-refractivity contribution is -0.130. The molecule has 0 aliphatic heterocycles. The highest BCUT2D eigenvalue weighted by Gasteiger charge is 2.47. The number of carbonyl (C=O) groups excluding carboxylic acids is 1. The Balaban J connectivity index is 2.55. The molecule has 1 rings (SSSR count). The summed E-state index contributed by atoms with van der Waals surface area (Å²) in [4.78, 5) is 12.3. The van der Waals surface area contributed by atoms with Crippen molar-refractivity contribution < 1.29 is 4.79 Å². The standard InChI is InChI=1S/C9H17NO/c1-8(2)5-9(3,6-8)10(4)7-11/h7H,5-6H2,1-4H3. The molecule has 1 aliphatic carbocycles. The van der Waals surface area contributed by atoms with E-state index in [0.29, 0.717) is 5.41 Å². The van der Waals surface area contributed by atoms with Gasteiger partial charge in [0.05, 0.1) is 0 Å². The number of amides is 1. The maximum Gasteiger partial charge on any atom is 0.209 e. The molecule has 1 aliphatic rings. The molecule has 0 bridgehead atoms. The van der Waals surface area contributed by atoms with Crippen molar-refractivity contribution >= 4 is 6.41 Å². The molecule has 1 saturated carbocycles. The summed E-state index contributed by atoms with van der Waals surface area (Å²) >= 11 is 0. The van der Waals surface area contributed by atoms with E-state index in [1.54, 1.807) is 4.90 Å². The van der Waals surface area contributed by atoms with Crippen molar-refractivity contribution in [2.45, 2.75) is 39.2 Å². The molecule has 2 heteroatoms. The van der Waals surface area contributed by atoms with Gasteiger partial charge in [0.2, 0.25) is 6.41 Å². The second-order valence-corrected chi connectivity index (χ2v) is 4.73. The van der Waals surface area contributed by atoms with Gasteiger partial charge in [-0.3, -0.25) is 4.79 Å². The Morgan fingerprint density at radius 2 is 1.73 bits per heavy atom. The van der Waals surface area contributed by atoms with Crippen LogP contribution in [0.3, 0.4) is 0 Å². The van der Waals surface area contributed by atoms with Crippen molar-refractivity contribution in [3.63, 3.8) is 0 Å². The third-order valence-electron chi connectivity index (χ3n) is 2.73. The minimum Gasteiger partial charge on any atom is -0.343 e. The van der Waals surface area contributed by atoms with Crippen LogP contribution in [0.5, 0.6) is 0 Å². The lowest BCUT2D eigenvalue weighted by Gasteiger charge is -2.54. The maximum absolute atomic E-state index is 10.5. The largest absolute Gasteiger partial charge is 0.343 e. The van der Waals surface area contributed by atoms with Crippen LogP contribution in [0.1, 0.15) is 33.6 Å². The quantitative estimate of drug-likeness (QED) is 0.555.